The van der Waals surface area contributed by atoms with Crippen LogP contribution in [0.1, 0.15) is 5.56 Å². The number of alkyl halides is 1. The second-order valence-corrected chi connectivity index (χ2v) is 2.21. The van der Waals surface area contributed by atoms with Crippen LogP contribution in [0.4, 0.5) is 5.82 Å². The molecule has 0 saturated heterocycles. The number of pyridine rings is 1. The van der Waals surface area contributed by atoms with Crippen LogP contribution in [0.15, 0.2) is 16.9 Å². The van der Waals surface area contributed by atoms with Crippen molar-refractivity contribution in [2.24, 2.45) is 0 Å². The van der Waals surface area contributed by atoms with Crippen LogP contribution in [-0.2, 0) is 5.88 Å². The zero-order valence-electron chi connectivity index (χ0n) is 5.23. The predicted molar refractivity (Wildman–Crippen MR) is 41.0 cm³/mol. The van der Waals surface area contributed by atoms with E-state index in [4.69, 9.17) is 17.3 Å². The Kier molecular flexibility index (Phi) is 1.97. The van der Waals surface area contributed by atoms with E-state index >= 15 is 0 Å². The van der Waals surface area contributed by atoms with Gasteiger partial charge < -0.3 is 10.7 Å². The Balaban J connectivity index is 3.19. The Labute approximate surface area is 62.8 Å². The highest BCUT2D eigenvalue weighted by Gasteiger charge is 1.92. The molecule has 1 aromatic rings. The smallest absolute Gasteiger partial charge is 0.249 e. The Bertz CT molecular complexity index is 281. The number of H-pyrrole nitrogens is 1. The van der Waals surface area contributed by atoms with Crippen LogP contribution in [0.5, 0.6) is 0 Å². The Hall–Kier alpha value is -0.960. The van der Waals surface area contributed by atoms with Crippen LogP contribution in [0.2, 0.25) is 0 Å². The topological polar surface area (TPSA) is 58.9 Å². The number of aromatic amines is 1. The van der Waals surface area contributed by atoms with E-state index in [1.54, 1.807) is 6.07 Å². The predicted octanol–water partition coefficient (Wildman–Crippen LogP) is 0.696. The lowest BCUT2D eigenvalue weighted by atomic mass is 10.3. The summed E-state index contributed by atoms with van der Waals surface area (Å²) in [6, 6.07) is 3.05. The molecule has 1 rings (SSSR count). The van der Waals surface area contributed by atoms with Gasteiger partial charge in [0.2, 0.25) is 5.56 Å². The molecular weight excluding hydrogens is 152 g/mol. The third-order valence-electron chi connectivity index (χ3n) is 1.08. The first-order valence-electron chi connectivity index (χ1n) is 2.77. The highest BCUT2D eigenvalue weighted by Crippen LogP contribution is 2.02. The van der Waals surface area contributed by atoms with Crippen molar-refractivity contribution >= 4 is 17.4 Å². The van der Waals surface area contributed by atoms with E-state index in [9.17, 15) is 4.79 Å². The van der Waals surface area contributed by atoms with Gasteiger partial charge in [-0.3, -0.25) is 4.79 Å². The van der Waals surface area contributed by atoms with Gasteiger partial charge in [0.25, 0.3) is 0 Å². The van der Waals surface area contributed by atoms with Gasteiger partial charge in [0, 0.05) is 11.9 Å². The number of halogens is 1. The molecule has 0 fully saturated rings. The van der Waals surface area contributed by atoms with Crippen molar-refractivity contribution in [1.29, 1.82) is 0 Å². The van der Waals surface area contributed by atoms with E-state index in [2.05, 4.69) is 4.98 Å². The molecule has 0 spiro atoms. The number of rotatable bonds is 1. The normalized spacial score (nSPS) is 9.70. The van der Waals surface area contributed by atoms with E-state index in [-0.39, 0.29) is 5.56 Å². The van der Waals surface area contributed by atoms with E-state index in [0.29, 0.717) is 11.7 Å². The van der Waals surface area contributed by atoms with Gasteiger partial charge in [0.1, 0.15) is 5.82 Å². The summed E-state index contributed by atoms with van der Waals surface area (Å²) in [5.74, 6) is 0.664. The molecule has 3 nitrogen and oxygen atoms in total. The maximum atomic E-state index is 10.7. The molecule has 1 heterocycles. The summed E-state index contributed by atoms with van der Waals surface area (Å²) in [4.78, 5) is 13.1. The number of nitrogens with one attached hydrogen (secondary N) is 1. The van der Waals surface area contributed by atoms with Crippen molar-refractivity contribution < 1.29 is 0 Å². The monoisotopic (exact) mass is 158 g/mol. The number of hydrogen-bond acceptors (Lipinski definition) is 2. The Morgan fingerprint density at radius 1 is 1.60 bits per heavy atom. The van der Waals surface area contributed by atoms with E-state index in [1.807, 2.05) is 0 Å². The molecule has 1 aromatic heterocycles. The molecule has 0 amide bonds. The zero-order chi connectivity index (χ0) is 7.56. The van der Waals surface area contributed by atoms with Crippen LogP contribution >= 0.6 is 11.6 Å². The van der Waals surface area contributed by atoms with Crippen molar-refractivity contribution in [3.05, 3.63) is 28.0 Å². The molecule has 10 heavy (non-hydrogen) atoms. The average Bonchev–Trinajstić information content (AvgIpc) is 1.85. The van der Waals surface area contributed by atoms with Crippen LogP contribution in [0, 0.1) is 0 Å². The molecule has 54 valence electrons. The lowest BCUT2D eigenvalue weighted by molar-refractivity contribution is 1.21. The van der Waals surface area contributed by atoms with Crippen molar-refractivity contribution in [1.82, 2.24) is 4.98 Å². The van der Waals surface area contributed by atoms with Crippen LogP contribution < -0.4 is 11.3 Å². The summed E-state index contributed by atoms with van der Waals surface area (Å²) in [6.45, 7) is 0. The molecule has 0 aromatic carbocycles. The fourth-order valence-corrected chi connectivity index (χ4v) is 0.856. The van der Waals surface area contributed by atoms with Gasteiger partial charge in [-0.05, 0) is 11.6 Å². The van der Waals surface area contributed by atoms with E-state index in [0.717, 1.165) is 5.56 Å². The van der Waals surface area contributed by atoms with Crippen molar-refractivity contribution in [2.45, 2.75) is 5.88 Å². The molecule has 3 N–H and O–H groups in total. The minimum Gasteiger partial charge on any atom is -0.385 e. The first-order valence-corrected chi connectivity index (χ1v) is 3.30. The fraction of sp³-hybridized carbons (Fsp3) is 0.167. The van der Waals surface area contributed by atoms with E-state index in [1.165, 1.54) is 6.07 Å². The third-order valence-corrected chi connectivity index (χ3v) is 1.39. The summed E-state index contributed by atoms with van der Waals surface area (Å²) in [5.41, 5.74) is 5.85. The lowest BCUT2D eigenvalue weighted by Crippen LogP contribution is -2.07. The molecule has 0 radical (unpaired) electrons. The second-order valence-electron chi connectivity index (χ2n) is 1.94. The van der Waals surface area contributed by atoms with E-state index < -0.39 is 0 Å². The quantitative estimate of drug-likeness (QED) is 0.591. The van der Waals surface area contributed by atoms with Gasteiger partial charge in [-0.15, -0.1) is 11.6 Å². The number of aromatic nitrogens is 1. The standard InChI is InChI=1S/C6H7ClN2O/c7-3-4-1-5(8)9-6(10)2-4/h1-2H,3H2,(H3,8,9,10). The highest BCUT2D eigenvalue weighted by molar-refractivity contribution is 6.17. The molecule has 0 atom stereocenters. The number of nitrogens with two attached hydrogens (primary N) is 1. The molecule has 0 saturated carbocycles. The van der Waals surface area contributed by atoms with Gasteiger partial charge in [-0.1, -0.05) is 0 Å². The lowest BCUT2D eigenvalue weighted by Gasteiger charge is -1.94. The summed E-state index contributed by atoms with van der Waals surface area (Å²) in [6.07, 6.45) is 0. The average molecular weight is 159 g/mol. The largest absolute Gasteiger partial charge is 0.385 e. The number of nitrogen functional groups attached to an aromatic ring is 1. The van der Waals surface area contributed by atoms with Crippen LogP contribution in [0.3, 0.4) is 0 Å². The Morgan fingerprint density at radius 3 is 2.80 bits per heavy atom. The molecule has 0 unspecified atom stereocenters. The number of hydrogen-bond donors (Lipinski definition) is 2. The molecule has 0 aliphatic rings. The van der Waals surface area contributed by atoms with Gasteiger partial charge >= 0.3 is 0 Å². The minimum atomic E-state index is -0.212. The zero-order valence-corrected chi connectivity index (χ0v) is 5.98. The number of anilines is 1. The van der Waals surface area contributed by atoms with Crippen LogP contribution in [0.25, 0.3) is 0 Å². The summed E-state index contributed by atoms with van der Waals surface area (Å²) in [5, 5.41) is 0. The molecule has 4 heteroatoms. The van der Waals surface area contributed by atoms with Crippen LogP contribution in [-0.4, -0.2) is 4.98 Å². The first-order chi connectivity index (χ1) is 4.72. The summed E-state index contributed by atoms with van der Waals surface area (Å²) >= 11 is 5.46. The first kappa shape index (κ1) is 7.15. The fourth-order valence-electron chi connectivity index (χ4n) is 0.701. The molecule has 0 aliphatic heterocycles. The van der Waals surface area contributed by atoms with Crippen molar-refractivity contribution in [2.75, 3.05) is 5.73 Å². The summed E-state index contributed by atoms with van der Waals surface area (Å²) < 4.78 is 0. The molecular formula is C6H7ClN2O. The molecule has 0 bridgehead atoms. The maximum Gasteiger partial charge on any atom is 0.249 e. The third kappa shape index (κ3) is 1.51. The second kappa shape index (κ2) is 2.75. The van der Waals surface area contributed by atoms with Crippen molar-refractivity contribution in [3.63, 3.8) is 0 Å². The minimum absolute atomic E-state index is 0.212. The molecule has 0 aliphatic carbocycles. The van der Waals surface area contributed by atoms with Gasteiger partial charge in [0.15, 0.2) is 0 Å². The van der Waals surface area contributed by atoms with Gasteiger partial charge in [-0.2, -0.15) is 0 Å². The van der Waals surface area contributed by atoms with Crippen molar-refractivity contribution in [3.8, 4) is 0 Å². The Morgan fingerprint density at radius 2 is 2.30 bits per heavy atom. The van der Waals surface area contributed by atoms with Gasteiger partial charge in [-0.25, -0.2) is 0 Å². The SMILES string of the molecule is Nc1cc(CCl)cc(=O)[nH]1. The maximum absolute atomic E-state index is 10.7. The van der Waals surface area contributed by atoms with Gasteiger partial charge in [0.05, 0.1) is 0 Å². The highest BCUT2D eigenvalue weighted by atomic mass is 35.5. The summed E-state index contributed by atoms with van der Waals surface area (Å²) in [7, 11) is 0.